The average molecular weight is 273 g/mol. The minimum Gasteiger partial charge on any atom is -0.274 e. The fraction of sp³-hybridized carbons (Fsp3) is 0.111. The van der Waals surface area contributed by atoms with E-state index < -0.39 is 10.0 Å². The van der Waals surface area contributed by atoms with E-state index in [-0.39, 0.29) is 15.9 Å². The highest BCUT2D eigenvalue weighted by molar-refractivity contribution is 7.92. The van der Waals surface area contributed by atoms with Crippen LogP contribution in [0.5, 0.6) is 0 Å². The first kappa shape index (κ1) is 11.9. The number of halogens is 1. The van der Waals surface area contributed by atoms with Crippen LogP contribution in [0.3, 0.4) is 0 Å². The number of anilines is 1. The normalized spacial score (nSPS) is 11.4. The monoisotopic (exact) mass is 272 g/mol. The summed E-state index contributed by atoms with van der Waals surface area (Å²) in [5.41, 5.74) is 0. The third-order valence-corrected chi connectivity index (χ3v) is 3.53. The maximum Gasteiger partial charge on any atom is 0.264 e. The molecular weight excluding hydrogens is 264 g/mol. The summed E-state index contributed by atoms with van der Waals surface area (Å²) in [5.74, 6) is 0.252. The second-order valence-corrected chi connectivity index (χ2v) is 5.37. The standard InChI is InChI=1S/C9H9ClN4O2S/c1-14-5-4-9(12-14)13-17(15,16)7-2-3-8(10)11-6-7/h2-6H,1H3,(H,12,13). The molecule has 0 fully saturated rings. The van der Waals surface area contributed by atoms with Gasteiger partial charge in [-0.3, -0.25) is 9.40 Å². The highest BCUT2D eigenvalue weighted by Crippen LogP contribution is 2.14. The van der Waals surface area contributed by atoms with Gasteiger partial charge in [0.05, 0.1) is 0 Å². The third-order valence-electron chi connectivity index (χ3n) is 1.96. The van der Waals surface area contributed by atoms with E-state index in [9.17, 15) is 8.42 Å². The number of rotatable bonds is 3. The fourth-order valence-electron chi connectivity index (χ4n) is 1.19. The molecule has 0 aliphatic heterocycles. The van der Waals surface area contributed by atoms with Crippen molar-refractivity contribution >= 4 is 27.4 Å². The molecule has 0 atom stereocenters. The van der Waals surface area contributed by atoms with Crippen LogP contribution in [0.15, 0.2) is 35.5 Å². The van der Waals surface area contributed by atoms with Crippen LogP contribution in [-0.2, 0) is 17.1 Å². The Labute approximate surface area is 103 Å². The van der Waals surface area contributed by atoms with Crippen molar-refractivity contribution in [2.24, 2.45) is 7.05 Å². The third kappa shape index (κ3) is 2.75. The predicted molar refractivity (Wildman–Crippen MR) is 63.3 cm³/mol. The Morgan fingerprint density at radius 2 is 2.12 bits per heavy atom. The van der Waals surface area contributed by atoms with Crippen LogP contribution in [0.1, 0.15) is 0 Å². The topological polar surface area (TPSA) is 76.9 Å². The van der Waals surface area contributed by atoms with Gasteiger partial charge in [-0.25, -0.2) is 13.4 Å². The van der Waals surface area contributed by atoms with Crippen molar-refractivity contribution in [3.8, 4) is 0 Å². The molecule has 0 radical (unpaired) electrons. The highest BCUT2D eigenvalue weighted by atomic mass is 35.5. The first-order valence-electron chi connectivity index (χ1n) is 4.61. The minimum absolute atomic E-state index is 0.0348. The van der Waals surface area contributed by atoms with Crippen LogP contribution in [0.4, 0.5) is 5.82 Å². The number of sulfonamides is 1. The lowest BCUT2D eigenvalue weighted by atomic mass is 10.5. The van der Waals surface area contributed by atoms with Crippen molar-refractivity contribution in [3.63, 3.8) is 0 Å². The molecule has 0 amide bonds. The van der Waals surface area contributed by atoms with Crippen LogP contribution in [0.2, 0.25) is 5.15 Å². The molecule has 2 aromatic rings. The molecular formula is C9H9ClN4O2S. The fourth-order valence-corrected chi connectivity index (χ4v) is 2.24. The van der Waals surface area contributed by atoms with E-state index in [4.69, 9.17) is 11.6 Å². The molecule has 0 aromatic carbocycles. The molecule has 90 valence electrons. The zero-order valence-corrected chi connectivity index (χ0v) is 10.4. The SMILES string of the molecule is Cn1ccc(NS(=O)(=O)c2ccc(Cl)nc2)n1. The first-order valence-corrected chi connectivity index (χ1v) is 6.47. The van der Waals surface area contributed by atoms with E-state index in [1.807, 2.05) is 0 Å². The smallest absolute Gasteiger partial charge is 0.264 e. The lowest BCUT2D eigenvalue weighted by Crippen LogP contribution is -2.13. The molecule has 6 nitrogen and oxygen atoms in total. The number of pyridine rings is 1. The molecule has 1 N–H and O–H groups in total. The van der Waals surface area contributed by atoms with Crippen molar-refractivity contribution in [3.05, 3.63) is 35.7 Å². The molecule has 2 aromatic heterocycles. The van der Waals surface area contributed by atoms with E-state index in [1.54, 1.807) is 19.3 Å². The maximum atomic E-state index is 11.9. The molecule has 2 heterocycles. The van der Waals surface area contributed by atoms with Gasteiger partial charge in [-0.15, -0.1) is 0 Å². The maximum absolute atomic E-state index is 11.9. The quantitative estimate of drug-likeness (QED) is 0.854. The summed E-state index contributed by atoms with van der Waals surface area (Å²) < 4.78 is 27.6. The van der Waals surface area contributed by atoms with Gasteiger partial charge in [0.1, 0.15) is 10.0 Å². The number of hydrogen-bond donors (Lipinski definition) is 1. The summed E-state index contributed by atoms with van der Waals surface area (Å²) in [5, 5.41) is 4.16. The lowest BCUT2D eigenvalue weighted by molar-refractivity contribution is 0.600. The molecule has 17 heavy (non-hydrogen) atoms. The summed E-state index contributed by atoms with van der Waals surface area (Å²) in [6.45, 7) is 0. The molecule has 8 heteroatoms. The molecule has 0 unspecified atom stereocenters. The van der Waals surface area contributed by atoms with E-state index >= 15 is 0 Å². The summed E-state index contributed by atoms with van der Waals surface area (Å²) in [7, 11) is -1.97. The van der Waals surface area contributed by atoms with Crippen LogP contribution in [-0.4, -0.2) is 23.2 Å². The number of aryl methyl sites for hydroxylation is 1. The van der Waals surface area contributed by atoms with Gasteiger partial charge in [0.15, 0.2) is 5.82 Å². The second kappa shape index (κ2) is 4.34. The number of nitrogens with one attached hydrogen (secondary N) is 1. The average Bonchev–Trinajstić information content (AvgIpc) is 2.63. The van der Waals surface area contributed by atoms with Gasteiger partial charge in [-0.1, -0.05) is 11.6 Å². The Balaban J connectivity index is 2.28. The summed E-state index contributed by atoms with van der Waals surface area (Å²) >= 11 is 5.58. The van der Waals surface area contributed by atoms with Crippen LogP contribution >= 0.6 is 11.6 Å². The van der Waals surface area contributed by atoms with Crippen LogP contribution in [0.25, 0.3) is 0 Å². The van der Waals surface area contributed by atoms with Crippen molar-refractivity contribution in [1.29, 1.82) is 0 Å². The van der Waals surface area contributed by atoms with E-state index in [0.29, 0.717) is 0 Å². The number of aromatic nitrogens is 3. The van der Waals surface area contributed by atoms with Gasteiger partial charge in [0.25, 0.3) is 10.0 Å². The van der Waals surface area contributed by atoms with Gasteiger partial charge < -0.3 is 0 Å². The second-order valence-electron chi connectivity index (χ2n) is 3.30. The zero-order chi connectivity index (χ0) is 12.5. The van der Waals surface area contributed by atoms with Crippen molar-refractivity contribution in [2.75, 3.05) is 4.72 Å². The Bertz CT molecular complexity index is 621. The van der Waals surface area contributed by atoms with Gasteiger partial charge in [0.2, 0.25) is 0 Å². The summed E-state index contributed by atoms with van der Waals surface area (Å²) in [6.07, 6.45) is 2.82. The summed E-state index contributed by atoms with van der Waals surface area (Å²) in [4.78, 5) is 3.75. The molecule has 2 rings (SSSR count). The van der Waals surface area contributed by atoms with Crippen LogP contribution < -0.4 is 4.72 Å². The van der Waals surface area contributed by atoms with E-state index in [2.05, 4.69) is 14.8 Å². The van der Waals surface area contributed by atoms with Crippen LogP contribution in [0, 0.1) is 0 Å². The minimum atomic E-state index is -3.66. The predicted octanol–water partition coefficient (Wildman–Crippen LogP) is 1.27. The Morgan fingerprint density at radius 3 is 2.65 bits per heavy atom. The molecule has 0 aliphatic carbocycles. The number of nitrogens with zero attached hydrogens (tertiary/aromatic N) is 3. The van der Waals surface area contributed by atoms with Gasteiger partial charge >= 0.3 is 0 Å². The Kier molecular flexibility index (Phi) is 3.03. The molecule has 0 spiro atoms. The van der Waals surface area contributed by atoms with Crippen molar-refractivity contribution in [2.45, 2.75) is 4.90 Å². The highest BCUT2D eigenvalue weighted by Gasteiger charge is 2.15. The van der Waals surface area contributed by atoms with Gasteiger partial charge in [-0.05, 0) is 12.1 Å². The molecule has 0 aliphatic rings. The van der Waals surface area contributed by atoms with E-state index in [0.717, 1.165) is 0 Å². The zero-order valence-electron chi connectivity index (χ0n) is 8.83. The molecule has 0 bridgehead atoms. The largest absolute Gasteiger partial charge is 0.274 e. The number of hydrogen-bond acceptors (Lipinski definition) is 4. The summed E-state index contributed by atoms with van der Waals surface area (Å²) in [6, 6.07) is 4.34. The Hall–Kier alpha value is -1.60. The van der Waals surface area contributed by atoms with Crippen molar-refractivity contribution in [1.82, 2.24) is 14.8 Å². The van der Waals surface area contributed by atoms with Gasteiger partial charge in [-0.2, -0.15) is 5.10 Å². The lowest BCUT2D eigenvalue weighted by Gasteiger charge is -2.04. The van der Waals surface area contributed by atoms with Crippen molar-refractivity contribution < 1.29 is 8.42 Å². The molecule has 0 saturated carbocycles. The van der Waals surface area contributed by atoms with E-state index in [1.165, 1.54) is 23.0 Å². The Morgan fingerprint density at radius 1 is 1.35 bits per heavy atom. The first-order chi connectivity index (χ1) is 7.97. The molecule has 0 saturated heterocycles. The van der Waals surface area contributed by atoms with Gasteiger partial charge in [0, 0.05) is 25.5 Å².